The number of likely N-dealkylation sites (tertiary alicyclic amines) is 1. The van der Waals surface area contributed by atoms with Gasteiger partial charge in [-0.2, -0.15) is 5.10 Å². The van der Waals surface area contributed by atoms with Crippen molar-refractivity contribution in [3.63, 3.8) is 0 Å². The Morgan fingerprint density at radius 3 is 2.89 bits per heavy atom. The molecule has 104 valence electrons. The second-order valence-electron chi connectivity index (χ2n) is 5.58. The molecule has 1 aromatic rings. The maximum atomic E-state index is 11.5. The number of H-pyrrole nitrogens is 1. The van der Waals surface area contributed by atoms with Crippen LogP contribution in [0.1, 0.15) is 18.5 Å². The maximum Gasteiger partial charge on any atom is 0.248 e. The van der Waals surface area contributed by atoms with E-state index in [9.17, 15) is 4.79 Å². The molecule has 1 spiro atoms. The van der Waals surface area contributed by atoms with E-state index in [1.54, 1.807) is 11.1 Å². The van der Waals surface area contributed by atoms with Crippen molar-refractivity contribution < 1.29 is 9.53 Å². The van der Waals surface area contributed by atoms with E-state index in [0.29, 0.717) is 0 Å². The Hall–Kier alpha value is -1.40. The molecule has 3 rings (SSSR count). The lowest BCUT2D eigenvalue weighted by molar-refractivity contribution is -0.169. The first-order valence-corrected chi connectivity index (χ1v) is 6.75. The molecule has 0 atom stereocenters. The van der Waals surface area contributed by atoms with E-state index in [1.807, 2.05) is 13.1 Å². The summed E-state index contributed by atoms with van der Waals surface area (Å²) in [4.78, 5) is 15.7. The highest BCUT2D eigenvalue weighted by Crippen LogP contribution is 2.30. The van der Waals surface area contributed by atoms with Crippen LogP contribution in [0.4, 0.5) is 0 Å². The van der Waals surface area contributed by atoms with Gasteiger partial charge < -0.3 is 9.64 Å². The van der Waals surface area contributed by atoms with E-state index in [1.165, 1.54) is 0 Å². The van der Waals surface area contributed by atoms with Crippen molar-refractivity contribution in [2.45, 2.75) is 25.0 Å². The molecule has 0 bridgehead atoms. The van der Waals surface area contributed by atoms with Crippen molar-refractivity contribution >= 4 is 5.91 Å². The molecular weight excluding hydrogens is 244 g/mol. The van der Waals surface area contributed by atoms with Crippen LogP contribution in [0.25, 0.3) is 0 Å². The summed E-state index contributed by atoms with van der Waals surface area (Å²) in [5, 5.41) is 6.96. The lowest BCUT2D eigenvalue weighted by Gasteiger charge is -2.46. The van der Waals surface area contributed by atoms with Crippen LogP contribution in [0.5, 0.6) is 0 Å². The summed E-state index contributed by atoms with van der Waals surface area (Å²) in [7, 11) is 1.86. The van der Waals surface area contributed by atoms with Gasteiger partial charge in [-0.05, 0) is 18.9 Å². The average Bonchev–Trinajstić information content (AvgIpc) is 2.91. The molecule has 0 saturated carbocycles. The highest BCUT2D eigenvalue weighted by atomic mass is 16.5. The van der Waals surface area contributed by atoms with Gasteiger partial charge in [-0.1, -0.05) is 0 Å². The lowest BCUT2D eigenvalue weighted by atomic mass is 9.89. The smallest absolute Gasteiger partial charge is 0.248 e. The van der Waals surface area contributed by atoms with Gasteiger partial charge in [0.2, 0.25) is 5.91 Å². The van der Waals surface area contributed by atoms with E-state index in [-0.39, 0.29) is 18.1 Å². The predicted octanol–water partition coefficient (Wildman–Crippen LogP) is 0.233. The molecule has 2 aliphatic rings. The molecule has 0 aliphatic carbocycles. The monoisotopic (exact) mass is 264 g/mol. The number of carbonyl (C=O) groups is 1. The second kappa shape index (κ2) is 4.94. The molecule has 2 saturated heterocycles. The van der Waals surface area contributed by atoms with Gasteiger partial charge in [0.05, 0.1) is 5.60 Å². The Labute approximate surface area is 112 Å². The minimum absolute atomic E-state index is 0.0884. The molecular formula is C13H20N4O2. The molecule has 0 aromatic carbocycles. The minimum atomic E-state index is -0.118. The molecule has 6 nitrogen and oxygen atoms in total. The standard InChI is InChI=1S/C13H20N4O2/c1-16-10-13(19-9-12(16)18)3-6-17(7-4-13)8-11-2-5-14-15-11/h2,5H,3-4,6-10H2,1H3,(H,14,15). The van der Waals surface area contributed by atoms with Crippen molar-refractivity contribution in [1.82, 2.24) is 20.0 Å². The first kappa shape index (κ1) is 12.6. The highest BCUT2D eigenvalue weighted by Gasteiger charge is 2.41. The molecule has 3 heterocycles. The molecule has 1 N–H and O–H groups in total. The fourth-order valence-corrected chi connectivity index (χ4v) is 2.93. The van der Waals surface area contributed by atoms with Crippen molar-refractivity contribution in [2.75, 3.05) is 33.3 Å². The van der Waals surface area contributed by atoms with Gasteiger partial charge in [-0.3, -0.25) is 14.8 Å². The molecule has 19 heavy (non-hydrogen) atoms. The Kier molecular flexibility index (Phi) is 3.28. The fraction of sp³-hybridized carbons (Fsp3) is 0.692. The number of aromatic nitrogens is 2. The van der Waals surface area contributed by atoms with Crippen molar-refractivity contribution in [2.24, 2.45) is 0 Å². The molecule has 2 aliphatic heterocycles. The zero-order valence-corrected chi connectivity index (χ0v) is 11.3. The average molecular weight is 264 g/mol. The number of piperidine rings is 1. The van der Waals surface area contributed by atoms with Crippen LogP contribution in [0.15, 0.2) is 12.3 Å². The van der Waals surface area contributed by atoms with Gasteiger partial charge in [-0.25, -0.2) is 0 Å². The van der Waals surface area contributed by atoms with E-state index in [0.717, 1.165) is 44.7 Å². The van der Waals surface area contributed by atoms with E-state index in [2.05, 4.69) is 15.1 Å². The van der Waals surface area contributed by atoms with Crippen molar-refractivity contribution in [1.29, 1.82) is 0 Å². The number of ether oxygens (including phenoxy) is 1. The van der Waals surface area contributed by atoms with Gasteiger partial charge in [0.1, 0.15) is 6.61 Å². The summed E-state index contributed by atoms with van der Waals surface area (Å²) in [6, 6.07) is 2.01. The fourth-order valence-electron chi connectivity index (χ4n) is 2.93. The summed E-state index contributed by atoms with van der Waals surface area (Å²) in [5.74, 6) is 0.0884. The number of morpholine rings is 1. The summed E-state index contributed by atoms with van der Waals surface area (Å²) >= 11 is 0. The topological polar surface area (TPSA) is 61.5 Å². The SMILES string of the molecule is CN1CC2(CCN(Cc3ccn[nH]3)CC2)OCC1=O. The van der Waals surface area contributed by atoms with Crippen LogP contribution in [0.2, 0.25) is 0 Å². The van der Waals surface area contributed by atoms with Crippen molar-refractivity contribution in [3.05, 3.63) is 18.0 Å². The number of aromatic amines is 1. The zero-order chi connectivity index (χ0) is 13.3. The molecule has 1 aromatic heterocycles. The Morgan fingerprint density at radius 1 is 1.47 bits per heavy atom. The van der Waals surface area contributed by atoms with Gasteiger partial charge in [0, 0.05) is 45.1 Å². The summed E-state index contributed by atoms with van der Waals surface area (Å²) in [5.41, 5.74) is 1.03. The first-order valence-electron chi connectivity index (χ1n) is 6.75. The maximum absolute atomic E-state index is 11.5. The Bertz CT molecular complexity index is 438. The van der Waals surface area contributed by atoms with Gasteiger partial charge in [-0.15, -0.1) is 0 Å². The number of likely N-dealkylation sites (N-methyl/N-ethyl adjacent to an activating group) is 1. The largest absolute Gasteiger partial charge is 0.363 e. The normalized spacial score (nSPS) is 24.1. The minimum Gasteiger partial charge on any atom is -0.363 e. The third kappa shape index (κ3) is 2.64. The van der Waals surface area contributed by atoms with Crippen LogP contribution in [-0.4, -0.2) is 64.8 Å². The predicted molar refractivity (Wildman–Crippen MR) is 69.4 cm³/mol. The number of nitrogens with zero attached hydrogens (tertiary/aromatic N) is 3. The van der Waals surface area contributed by atoms with Crippen molar-refractivity contribution in [3.8, 4) is 0 Å². The molecule has 0 unspecified atom stereocenters. The third-order valence-corrected chi connectivity index (χ3v) is 4.17. The van der Waals surface area contributed by atoms with Crippen LogP contribution in [-0.2, 0) is 16.1 Å². The quantitative estimate of drug-likeness (QED) is 0.831. The lowest BCUT2D eigenvalue weighted by Crippen LogP contribution is -2.57. The van der Waals surface area contributed by atoms with Gasteiger partial charge >= 0.3 is 0 Å². The molecule has 6 heteroatoms. The van der Waals surface area contributed by atoms with Gasteiger partial charge in [0.25, 0.3) is 0 Å². The Balaban J connectivity index is 1.55. The zero-order valence-electron chi connectivity index (χ0n) is 11.3. The van der Waals surface area contributed by atoms with E-state index in [4.69, 9.17) is 4.74 Å². The summed E-state index contributed by atoms with van der Waals surface area (Å²) < 4.78 is 5.83. The summed E-state index contributed by atoms with van der Waals surface area (Å²) in [6.07, 6.45) is 3.75. The number of amides is 1. The van der Waals surface area contributed by atoms with Crippen LogP contribution in [0, 0.1) is 0 Å². The molecule has 1 amide bonds. The van der Waals surface area contributed by atoms with Gasteiger partial charge in [0.15, 0.2) is 0 Å². The molecule has 0 radical (unpaired) electrons. The summed E-state index contributed by atoms with van der Waals surface area (Å²) in [6.45, 7) is 3.87. The number of hydrogen-bond donors (Lipinski definition) is 1. The number of nitrogens with one attached hydrogen (secondary N) is 1. The number of carbonyl (C=O) groups excluding carboxylic acids is 1. The van der Waals surface area contributed by atoms with Crippen LogP contribution >= 0.6 is 0 Å². The first-order chi connectivity index (χ1) is 9.17. The third-order valence-electron chi connectivity index (χ3n) is 4.17. The van der Waals surface area contributed by atoms with Crippen LogP contribution < -0.4 is 0 Å². The highest BCUT2D eigenvalue weighted by molar-refractivity contribution is 5.78. The number of hydrogen-bond acceptors (Lipinski definition) is 4. The Morgan fingerprint density at radius 2 is 2.26 bits per heavy atom. The second-order valence-corrected chi connectivity index (χ2v) is 5.58. The van der Waals surface area contributed by atoms with Crippen LogP contribution in [0.3, 0.4) is 0 Å². The van der Waals surface area contributed by atoms with E-state index < -0.39 is 0 Å². The molecule has 2 fully saturated rings. The number of rotatable bonds is 2. The van der Waals surface area contributed by atoms with E-state index >= 15 is 0 Å².